The fraction of sp³-hybridized carbons (Fsp3) is 0.333. The van der Waals surface area contributed by atoms with Gasteiger partial charge in [0.1, 0.15) is 5.02 Å². The summed E-state index contributed by atoms with van der Waals surface area (Å²) in [4.78, 5) is 10.6. The predicted molar refractivity (Wildman–Crippen MR) is 126 cm³/mol. The van der Waals surface area contributed by atoms with Crippen LogP contribution >= 0.6 is 23.2 Å². The van der Waals surface area contributed by atoms with E-state index >= 15 is 0 Å². The second-order valence-electron chi connectivity index (χ2n) is 8.13. The van der Waals surface area contributed by atoms with E-state index in [0.717, 1.165) is 37.5 Å². The fourth-order valence-corrected chi connectivity index (χ4v) is 4.31. The lowest BCUT2D eigenvalue weighted by Gasteiger charge is -2.23. The second-order valence-corrected chi connectivity index (χ2v) is 8.88. The number of aryl methyl sites for hydroxylation is 3. The van der Waals surface area contributed by atoms with Crippen molar-refractivity contribution in [2.45, 2.75) is 33.1 Å². The molecule has 3 aromatic rings. The number of benzene rings is 2. The summed E-state index contributed by atoms with van der Waals surface area (Å²) >= 11 is 12.2. The minimum Gasteiger partial charge on any atom is -0.371 e. The quantitative estimate of drug-likeness (QED) is 0.446. The number of nitrogens with one attached hydrogen (secondary N) is 1. The molecule has 2 aromatic carbocycles. The fourth-order valence-electron chi connectivity index (χ4n) is 4.04. The summed E-state index contributed by atoms with van der Waals surface area (Å²) in [5.41, 5.74) is 6.25. The molecule has 0 radical (unpaired) electrons. The van der Waals surface area contributed by atoms with Crippen LogP contribution in [0.4, 0.5) is 17.2 Å². The van der Waals surface area contributed by atoms with Gasteiger partial charge in [0.25, 0.3) is 0 Å². The highest BCUT2D eigenvalue weighted by Crippen LogP contribution is 2.32. The van der Waals surface area contributed by atoms with Gasteiger partial charge in [-0.15, -0.1) is 0 Å². The van der Waals surface area contributed by atoms with E-state index in [1.807, 2.05) is 0 Å². The van der Waals surface area contributed by atoms with Gasteiger partial charge in [-0.25, -0.2) is 4.98 Å². The number of halogens is 2. The number of nitrogens with zero attached hydrogens (tertiary/aromatic N) is 3. The largest absolute Gasteiger partial charge is 0.371 e. The van der Waals surface area contributed by atoms with Gasteiger partial charge >= 0.3 is 0 Å². The van der Waals surface area contributed by atoms with Crippen molar-refractivity contribution in [3.05, 3.63) is 75.7 Å². The maximum Gasteiger partial charge on any atom is 0.224 e. The van der Waals surface area contributed by atoms with Crippen LogP contribution in [0.15, 0.2) is 48.7 Å². The van der Waals surface area contributed by atoms with E-state index in [-0.39, 0.29) is 5.28 Å². The summed E-state index contributed by atoms with van der Waals surface area (Å²) in [7, 11) is 0. The van der Waals surface area contributed by atoms with E-state index in [2.05, 4.69) is 76.5 Å². The van der Waals surface area contributed by atoms with Crippen LogP contribution in [0.3, 0.4) is 0 Å². The Hall–Kier alpha value is -2.30. The molecule has 30 heavy (non-hydrogen) atoms. The number of anilines is 3. The minimum absolute atomic E-state index is 0.171. The Morgan fingerprint density at radius 3 is 2.77 bits per heavy atom. The standard InChI is InChI=1S/C24H26Cl2N4/c1-16-4-3-5-18(12-16)6-7-19-13-20(28-23-21(25)14-27-24(26)29-23)8-9-22(19)30-11-10-17(2)15-30/h3-5,8-9,12-14,17H,6-7,10-11,15H2,1-2H3,(H,27,28,29). The Labute approximate surface area is 188 Å². The van der Waals surface area contributed by atoms with Crippen molar-refractivity contribution in [2.24, 2.45) is 5.92 Å². The molecule has 1 fully saturated rings. The predicted octanol–water partition coefficient (Wildman–Crippen LogP) is 6.47. The van der Waals surface area contributed by atoms with Gasteiger partial charge in [0, 0.05) is 24.5 Å². The van der Waals surface area contributed by atoms with Gasteiger partial charge < -0.3 is 10.2 Å². The van der Waals surface area contributed by atoms with Gasteiger partial charge in [0.05, 0.1) is 6.20 Å². The van der Waals surface area contributed by atoms with Gasteiger partial charge in [-0.3, -0.25) is 0 Å². The number of hydrogen-bond acceptors (Lipinski definition) is 4. The maximum absolute atomic E-state index is 6.24. The van der Waals surface area contributed by atoms with Crippen LogP contribution in [-0.2, 0) is 12.8 Å². The van der Waals surface area contributed by atoms with E-state index in [1.54, 1.807) is 0 Å². The Bertz CT molecular complexity index is 1040. The molecular weight excluding hydrogens is 415 g/mol. The van der Waals surface area contributed by atoms with Crippen molar-refractivity contribution in [1.29, 1.82) is 0 Å². The van der Waals surface area contributed by atoms with Crippen molar-refractivity contribution in [3.63, 3.8) is 0 Å². The Morgan fingerprint density at radius 2 is 2.00 bits per heavy atom. The topological polar surface area (TPSA) is 41.1 Å². The molecule has 4 nitrogen and oxygen atoms in total. The summed E-state index contributed by atoms with van der Waals surface area (Å²) in [6.45, 7) is 6.68. The molecule has 1 atom stereocenters. The van der Waals surface area contributed by atoms with Crippen molar-refractivity contribution >= 4 is 40.4 Å². The maximum atomic E-state index is 6.24. The average Bonchev–Trinajstić information content (AvgIpc) is 3.15. The van der Waals surface area contributed by atoms with Gasteiger partial charge in [0.2, 0.25) is 5.28 Å². The molecule has 1 unspecified atom stereocenters. The van der Waals surface area contributed by atoms with Crippen LogP contribution in [0.2, 0.25) is 10.3 Å². The van der Waals surface area contributed by atoms with Crippen molar-refractivity contribution < 1.29 is 0 Å². The first-order valence-corrected chi connectivity index (χ1v) is 11.1. The molecule has 4 rings (SSSR count). The second kappa shape index (κ2) is 9.23. The van der Waals surface area contributed by atoms with Crippen LogP contribution in [0.5, 0.6) is 0 Å². The molecule has 0 spiro atoms. The third kappa shape index (κ3) is 5.05. The number of aromatic nitrogens is 2. The van der Waals surface area contributed by atoms with Crippen LogP contribution in [0.1, 0.15) is 30.0 Å². The monoisotopic (exact) mass is 440 g/mol. The molecule has 1 aliphatic heterocycles. The zero-order valence-electron chi connectivity index (χ0n) is 17.3. The first kappa shape index (κ1) is 21.0. The first-order valence-electron chi connectivity index (χ1n) is 10.4. The number of hydrogen-bond donors (Lipinski definition) is 1. The average molecular weight is 441 g/mol. The molecule has 1 saturated heterocycles. The molecule has 0 saturated carbocycles. The lowest BCUT2D eigenvalue weighted by molar-refractivity contribution is 0.659. The molecular formula is C24H26Cl2N4. The normalized spacial score (nSPS) is 16.1. The zero-order valence-corrected chi connectivity index (χ0v) is 18.8. The highest BCUT2D eigenvalue weighted by molar-refractivity contribution is 6.33. The van der Waals surface area contributed by atoms with E-state index in [0.29, 0.717) is 10.8 Å². The highest BCUT2D eigenvalue weighted by Gasteiger charge is 2.21. The molecule has 0 bridgehead atoms. The summed E-state index contributed by atoms with van der Waals surface area (Å²) < 4.78 is 0. The van der Waals surface area contributed by atoms with E-state index in [4.69, 9.17) is 23.2 Å². The molecule has 0 amide bonds. The lowest BCUT2D eigenvalue weighted by atomic mass is 10.0. The van der Waals surface area contributed by atoms with Crippen LogP contribution in [0.25, 0.3) is 0 Å². The molecule has 6 heteroatoms. The molecule has 2 heterocycles. The van der Waals surface area contributed by atoms with Gasteiger partial charge in [-0.2, -0.15) is 4.98 Å². The van der Waals surface area contributed by atoms with Crippen molar-refractivity contribution in [1.82, 2.24) is 9.97 Å². The molecule has 0 aliphatic carbocycles. The van der Waals surface area contributed by atoms with Crippen LogP contribution in [-0.4, -0.2) is 23.1 Å². The Kier molecular flexibility index (Phi) is 6.45. The molecule has 1 aliphatic rings. The van der Waals surface area contributed by atoms with E-state index < -0.39 is 0 Å². The highest BCUT2D eigenvalue weighted by atomic mass is 35.5. The van der Waals surface area contributed by atoms with Crippen LogP contribution in [0, 0.1) is 12.8 Å². The summed E-state index contributed by atoms with van der Waals surface area (Å²) in [6.07, 6.45) is 4.73. The SMILES string of the molecule is Cc1cccc(CCc2cc(Nc3nc(Cl)ncc3Cl)ccc2N2CCC(C)C2)c1. The van der Waals surface area contributed by atoms with Gasteiger partial charge in [-0.05, 0) is 73.0 Å². The van der Waals surface area contributed by atoms with E-state index in [9.17, 15) is 0 Å². The van der Waals surface area contributed by atoms with Crippen molar-refractivity contribution in [3.8, 4) is 0 Å². The van der Waals surface area contributed by atoms with E-state index in [1.165, 1.54) is 35.0 Å². The lowest BCUT2D eigenvalue weighted by Crippen LogP contribution is -2.20. The van der Waals surface area contributed by atoms with Crippen molar-refractivity contribution in [2.75, 3.05) is 23.3 Å². The number of rotatable bonds is 6. The molecule has 156 valence electrons. The first-order chi connectivity index (χ1) is 14.5. The summed E-state index contributed by atoms with van der Waals surface area (Å²) in [5, 5.41) is 3.91. The van der Waals surface area contributed by atoms with Gasteiger partial charge in [0.15, 0.2) is 5.82 Å². The third-order valence-corrected chi connectivity index (χ3v) is 6.05. The van der Waals surface area contributed by atoms with Crippen LogP contribution < -0.4 is 10.2 Å². The van der Waals surface area contributed by atoms with Gasteiger partial charge in [-0.1, -0.05) is 48.4 Å². The smallest absolute Gasteiger partial charge is 0.224 e. The summed E-state index contributed by atoms with van der Waals surface area (Å²) in [6, 6.07) is 15.2. The summed E-state index contributed by atoms with van der Waals surface area (Å²) in [5.74, 6) is 1.25. The third-order valence-electron chi connectivity index (χ3n) is 5.59. The zero-order chi connectivity index (χ0) is 21.1. The molecule has 1 aromatic heterocycles. The Morgan fingerprint density at radius 1 is 1.13 bits per heavy atom. The molecule has 1 N–H and O–H groups in total. The minimum atomic E-state index is 0.171. The Balaban J connectivity index is 1.61.